The van der Waals surface area contributed by atoms with Gasteiger partial charge in [-0.3, -0.25) is 9.69 Å². The Morgan fingerprint density at radius 2 is 2.36 bits per heavy atom. The predicted octanol–water partition coefficient (Wildman–Crippen LogP) is 1.23. The minimum absolute atomic E-state index is 0.0494. The fourth-order valence-corrected chi connectivity index (χ4v) is 1.72. The molecule has 1 aliphatic rings. The third kappa shape index (κ3) is 3.35. The van der Waals surface area contributed by atoms with Crippen LogP contribution in [0.3, 0.4) is 0 Å². The lowest BCUT2D eigenvalue weighted by Crippen LogP contribution is -2.37. The van der Waals surface area contributed by atoms with E-state index in [-0.39, 0.29) is 12.5 Å². The van der Waals surface area contributed by atoms with Crippen LogP contribution in [0.1, 0.15) is 32.6 Å². The zero-order chi connectivity index (χ0) is 10.6. The lowest BCUT2D eigenvalue weighted by Gasteiger charge is -2.26. The molecule has 1 fully saturated rings. The Morgan fingerprint density at radius 1 is 1.71 bits per heavy atom. The Kier molecular flexibility index (Phi) is 3.90. The van der Waals surface area contributed by atoms with Crippen LogP contribution < -0.4 is 0 Å². The Bertz CT molecular complexity index is 243. The van der Waals surface area contributed by atoms with Gasteiger partial charge in [0.05, 0.1) is 12.5 Å². The maximum absolute atomic E-state index is 10.5. The van der Waals surface area contributed by atoms with E-state index in [2.05, 4.69) is 11.0 Å². The first-order chi connectivity index (χ1) is 6.65. The molecule has 4 heteroatoms. The van der Waals surface area contributed by atoms with Crippen molar-refractivity contribution in [3.05, 3.63) is 0 Å². The number of hydrogen-bond acceptors (Lipinski definition) is 3. The van der Waals surface area contributed by atoms with Gasteiger partial charge in [-0.25, -0.2) is 0 Å². The molecule has 78 valence electrons. The van der Waals surface area contributed by atoms with Gasteiger partial charge in [0.15, 0.2) is 0 Å². The highest BCUT2D eigenvalue weighted by Crippen LogP contribution is 2.29. The highest BCUT2D eigenvalue weighted by Gasteiger charge is 2.32. The monoisotopic (exact) mass is 196 g/mol. The van der Waals surface area contributed by atoms with Gasteiger partial charge < -0.3 is 5.11 Å². The van der Waals surface area contributed by atoms with Crippen molar-refractivity contribution in [2.45, 2.75) is 44.7 Å². The van der Waals surface area contributed by atoms with Crippen LogP contribution >= 0.6 is 0 Å². The summed E-state index contributed by atoms with van der Waals surface area (Å²) in [6, 6.07) is 2.67. The van der Waals surface area contributed by atoms with E-state index in [9.17, 15) is 4.79 Å². The van der Waals surface area contributed by atoms with E-state index < -0.39 is 5.97 Å². The van der Waals surface area contributed by atoms with Crippen molar-refractivity contribution in [3.8, 4) is 6.07 Å². The molecule has 1 atom stereocenters. The Morgan fingerprint density at radius 3 is 2.79 bits per heavy atom. The molecule has 14 heavy (non-hydrogen) atoms. The van der Waals surface area contributed by atoms with Crippen molar-refractivity contribution < 1.29 is 9.90 Å². The maximum atomic E-state index is 10.5. The molecule has 0 aromatic heterocycles. The molecular formula is C10H16N2O2. The van der Waals surface area contributed by atoms with Crippen molar-refractivity contribution in [1.29, 1.82) is 5.26 Å². The Hall–Kier alpha value is -1.08. The molecule has 1 saturated carbocycles. The summed E-state index contributed by atoms with van der Waals surface area (Å²) in [5, 5.41) is 17.2. The molecule has 1 unspecified atom stereocenters. The van der Waals surface area contributed by atoms with Gasteiger partial charge in [0.1, 0.15) is 0 Å². The molecule has 0 bridgehead atoms. The summed E-state index contributed by atoms with van der Waals surface area (Å²) in [4.78, 5) is 12.7. The smallest absolute Gasteiger partial charge is 0.304 e. The number of carboxylic acids is 1. The molecular weight excluding hydrogens is 180 g/mol. The summed E-state index contributed by atoms with van der Waals surface area (Å²) in [7, 11) is 0. The molecule has 0 aromatic rings. The minimum atomic E-state index is -0.764. The topological polar surface area (TPSA) is 64.3 Å². The number of aliphatic carboxylic acids is 1. The third-order valence-electron chi connectivity index (χ3n) is 2.53. The second-order valence-electron chi connectivity index (χ2n) is 3.82. The van der Waals surface area contributed by atoms with Crippen molar-refractivity contribution in [2.24, 2.45) is 0 Å². The fraction of sp³-hybridized carbons (Fsp3) is 0.800. The van der Waals surface area contributed by atoms with E-state index in [0.29, 0.717) is 19.0 Å². The van der Waals surface area contributed by atoms with Crippen LogP contribution in [0.5, 0.6) is 0 Å². The van der Waals surface area contributed by atoms with Gasteiger partial charge in [-0.15, -0.1) is 0 Å². The third-order valence-corrected chi connectivity index (χ3v) is 2.53. The molecule has 0 saturated heterocycles. The highest BCUT2D eigenvalue weighted by molar-refractivity contribution is 5.67. The molecule has 1 aliphatic carbocycles. The highest BCUT2D eigenvalue weighted by atomic mass is 16.4. The number of carbonyl (C=O) groups is 1. The van der Waals surface area contributed by atoms with Gasteiger partial charge in [0.25, 0.3) is 0 Å². The molecule has 0 aromatic carbocycles. The second kappa shape index (κ2) is 4.97. The zero-order valence-corrected chi connectivity index (χ0v) is 8.44. The van der Waals surface area contributed by atoms with Gasteiger partial charge in [-0.1, -0.05) is 0 Å². The van der Waals surface area contributed by atoms with E-state index >= 15 is 0 Å². The molecule has 0 aliphatic heterocycles. The molecule has 0 spiro atoms. The van der Waals surface area contributed by atoms with Gasteiger partial charge in [0, 0.05) is 25.0 Å². The van der Waals surface area contributed by atoms with Crippen LogP contribution in [-0.2, 0) is 4.79 Å². The van der Waals surface area contributed by atoms with Crippen LogP contribution in [0.15, 0.2) is 0 Å². The largest absolute Gasteiger partial charge is 0.481 e. The fourth-order valence-electron chi connectivity index (χ4n) is 1.72. The van der Waals surface area contributed by atoms with Crippen molar-refractivity contribution in [1.82, 2.24) is 4.90 Å². The van der Waals surface area contributed by atoms with E-state index in [1.54, 1.807) is 0 Å². The first kappa shape index (κ1) is 11.0. The standard InChI is InChI=1S/C10H16N2O2/c1-8(7-10(13)14)12(6-2-5-11)9-3-4-9/h8-9H,2-4,6-7H2,1H3,(H,13,14). The van der Waals surface area contributed by atoms with Crippen molar-refractivity contribution in [2.75, 3.05) is 6.54 Å². The molecule has 1 N–H and O–H groups in total. The van der Waals surface area contributed by atoms with E-state index in [0.717, 1.165) is 12.8 Å². The van der Waals surface area contributed by atoms with E-state index in [4.69, 9.17) is 10.4 Å². The number of rotatable bonds is 6. The summed E-state index contributed by atoms with van der Waals surface area (Å²) < 4.78 is 0. The van der Waals surface area contributed by atoms with Gasteiger partial charge >= 0.3 is 5.97 Å². The summed E-state index contributed by atoms with van der Waals surface area (Å²) in [6.45, 7) is 2.62. The molecule has 4 nitrogen and oxygen atoms in total. The second-order valence-corrected chi connectivity index (χ2v) is 3.82. The number of hydrogen-bond donors (Lipinski definition) is 1. The average Bonchev–Trinajstić information content (AvgIpc) is 2.87. The predicted molar refractivity (Wildman–Crippen MR) is 51.7 cm³/mol. The molecule has 0 heterocycles. The van der Waals surface area contributed by atoms with E-state index in [1.165, 1.54) is 0 Å². The number of nitriles is 1. The quantitative estimate of drug-likeness (QED) is 0.694. The molecule has 1 rings (SSSR count). The van der Waals surface area contributed by atoms with Crippen LogP contribution in [0.4, 0.5) is 0 Å². The SMILES string of the molecule is CC(CC(=O)O)N(CCC#N)C1CC1. The van der Waals surface area contributed by atoms with Crippen molar-refractivity contribution in [3.63, 3.8) is 0 Å². The van der Waals surface area contributed by atoms with Crippen molar-refractivity contribution >= 4 is 5.97 Å². The van der Waals surface area contributed by atoms with Gasteiger partial charge in [-0.2, -0.15) is 5.26 Å². The molecule has 0 amide bonds. The number of nitrogens with zero attached hydrogens (tertiary/aromatic N) is 2. The van der Waals surface area contributed by atoms with E-state index in [1.807, 2.05) is 6.92 Å². The first-order valence-electron chi connectivity index (χ1n) is 4.99. The minimum Gasteiger partial charge on any atom is -0.481 e. The normalized spacial score (nSPS) is 17.8. The maximum Gasteiger partial charge on any atom is 0.304 e. The van der Waals surface area contributed by atoms with Crippen LogP contribution in [-0.4, -0.2) is 34.6 Å². The molecule has 0 radical (unpaired) electrons. The first-order valence-corrected chi connectivity index (χ1v) is 4.99. The Balaban J connectivity index is 2.40. The summed E-state index contributed by atoms with van der Waals surface area (Å²) >= 11 is 0. The Labute approximate surface area is 84.1 Å². The number of carboxylic acid groups (broad SMARTS) is 1. The summed E-state index contributed by atoms with van der Waals surface area (Å²) in [5.41, 5.74) is 0. The van der Waals surface area contributed by atoms with Crippen LogP contribution in [0.25, 0.3) is 0 Å². The lowest BCUT2D eigenvalue weighted by molar-refractivity contribution is -0.138. The van der Waals surface area contributed by atoms with Crippen LogP contribution in [0, 0.1) is 11.3 Å². The summed E-state index contributed by atoms with van der Waals surface area (Å²) in [6.07, 6.45) is 2.95. The summed E-state index contributed by atoms with van der Waals surface area (Å²) in [5.74, 6) is -0.764. The lowest BCUT2D eigenvalue weighted by atomic mass is 10.2. The average molecular weight is 196 g/mol. The van der Waals surface area contributed by atoms with Gasteiger partial charge in [0.2, 0.25) is 0 Å². The van der Waals surface area contributed by atoms with Gasteiger partial charge in [-0.05, 0) is 19.8 Å². The zero-order valence-electron chi connectivity index (χ0n) is 8.44. The van der Waals surface area contributed by atoms with Crippen LogP contribution in [0.2, 0.25) is 0 Å².